The lowest BCUT2D eigenvalue weighted by molar-refractivity contribution is -0.120. The summed E-state index contributed by atoms with van der Waals surface area (Å²) >= 11 is 5.80. The van der Waals surface area contributed by atoms with E-state index in [1.165, 1.54) is 12.8 Å². The third kappa shape index (κ3) is 4.67. The summed E-state index contributed by atoms with van der Waals surface area (Å²) in [7, 11) is 0. The van der Waals surface area contributed by atoms with Gasteiger partial charge in [-0.05, 0) is 49.3 Å². The molecule has 4 heteroatoms. The molecule has 102 valence electrons. The predicted octanol–water partition coefficient (Wildman–Crippen LogP) is 3.56. The van der Waals surface area contributed by atoms with Crippen LogP contribution in [0.3, 0.4) is 0 Å². The van der Waals surface area contributed by atoms with Crippen molar-refractivity contribution in [3.63, 3.8) is 0 Å². The predicted molar refractivity (Wildman–Crippen MR) is 78.4 cm³/mol. The van der Waals surface area contributed by atoms with Crippen LogP contribution in [-0.4, -0.2) is 11.6 Å². The van der Waals surface area contributed by atoms with Gasteiger partial charge in [-0.2, -0.15) is 5.10 Å². The highest BCUT2D eigenvalue weighted by Crippen LogP contribution is 2.20. The van der Waals surface area contributed by atoms with Crippen LogP contribution in [0.2, 0.25) is 5.02 Å². The Bertz CT molecular complexity index is 468. The van der Waals surface area contributed by atoms with Crippen LogP contribution in [0.15, 0.2) is 29.4 Å². The van der Waals surface area contributed by atoms with Gasteiger partial charge in [0, 0.05) is 10.7 Å². The summed E-state index contributed by atoms with van der Waals surface area (Å²) in [5.41, 5.74) is 4.71. The quantitative estimate of drug-likeness (QED) is 0.844. The third-order valence-electron chi connectivity index (χ3n) is 3.36. The molecule has 1 atom stereocenters. The Morgan fingerprint density at radius 1 is 1.42 bits per heavy atom. The Morgan fingerprint density at radius 3 is 2.84 bits per heavy atom. The largest absolute Gasteiger partial charge is 0.273 e. The molecule has 1 amide bonds. The molecule has 1 aliphatic carbocycles. The van der Waals surface area contributed by atoms with Crippen LogP contribution < -0.4 is 5.43 Å². The molecule has 19 heavy (non-hydrogen) atoms. The highest BCUT2D eigenvalue weighted by molar-refractivity contribution is 6.30. The Balaban J connectivity index is 1.84. The molecular weight excluding hydrogens is 260 g/mol. The zero-order chi connectivity index (χ0) is 13.7. The molecule has 1 aliphatic rings. The number of halogens is 1. The van der Waals surface area contributed by atoms with Crippen molar-refractivity contribution in [1.29, 1.82) is 0 Å². The maximum atomic E-state index is 11.8. The molecule has 0 aliphatic heterocycles. The summed E-state index contributed by atoms with van der Waals surface area (Å²) in [5.74, 6) is 0.605. The van der Waals surface area contributed by atoms with Crippen molar-refractivity contribution in [3.8, 4) is 0 Å². The number of hydrogen-bond acceptors (Lipinski definition) is 2. The zero-order valence-corrected chi connectivity index (χ0v) is 11.9. The van der Waals surface area contributed by atoms with Crippen molar-refractivity contribution < 1.29 is 4.79 Å². The Kier molecular flexibility index (Phi) is 4.97. The molecule has 0 spiro atoms. The Hall–Kier alpha value is -1.35. The first-order valence-corrected chi connectivity index (χ1v) is 7.10. The number of rotatable bonds is 3. The molecule has 2 rings (SSSR count). The third-order valence-corrected chi connectivity index (χ3v) is 3.61. The first-order valence-electron chi connectivity index (χ1n) is 6.72. The van der Waals surface area contributed by atoms with Gasteiger partial charge in [-0.3, -0.25) is 4.79 Å². The fourth-order valence-corrected chi connectivity index (χ4v) is 2.46. The van der Waals surface area contributed by atoms with Crippen LogP contribution in [-0.2, 0) is 11.2 Å². The lowest BCUT2D eigenvalue weighted by Crippen LogP contribution is -2.23. The molecule has 0 radical (unpaired) electrons. The van der Waals surface area contributed by atoms with Gasteiger partial charge in [0.25, 0.3) is 0 Å². The van der Waals surface area contributed by atoms with E-state index in [0.717, 1.165) is 24.1 Å². The van der Waals surface area contributed by atoms with E-state index in [0.29, 0.717) is 17.4 Å². The van der Waals surface area contributed by atoms with Crippen LogP contribution in [0.1, 0.15) is 38.2 Å². The first-order chi connectivity index (χ1) is 9.13. The number of hydrazone groups is 1. The van der Waals surface area contributed by atoms with E-state index in [4.69, 9.17) is 11.6 Å². The molecule has 1 N–H and O–H groups in total. The summed E-state index contributed by atoms with van der Waals surface area (Å²) in [4.78, 5) is 11.8. The van der Waals surface area contributed by atoms with Crippen LogP contribution >= 0.6 is 11.6 Å². The van der Waals surface area contributed by atoms with E-state index in [1.54, 1.807) is 12.1 Å². The van der Waals surface area contributed by atoms with Gasteiger partial charge in [-0.25, -0.2) is 5.43 Å². The smallest absolute Gasteiger partial charge is 0.244 e. The summed E-state index contributed by atoms with van der Waals surface area (Å²) in [5, 5.41) is 4.92. The molecule has 0 saturated heterocycles. The van der Waals surface area contributed by atoms with E-state index in [2.05, 4.69) is 17.5 Å². The minimum Gasteiger partial charge on any atom is -0.273 e. The molecule has 0 heterocycles. The van der Waals surface area contributed by atoms with Gasteiger partial charge in [0.15, 0.2) is 0 Å². The van der Waals surface area contributed by atoms with Crippen molar-refractivity contribution in [1.82, 2.24) is 5.43 Å². The fraction of sp³-hybridized carbons (Fsp3) is 0.467. The maximum absolute atomic E-state index is 11.8. The summed E-state index contributed by atoms with van der Waals surface area (Å²) in [6, 6.07) is 7.30. The monoisotopic (exact) mass is 278 g/mol. The van der Waals surface area contributed by atoms with Gasteiger partial charge in [-0.1, -0.05) is 30.7 Å². The van der Waals surface area contributed by atoms with Crippen molar-refractivity contribution >= 4 is 23.2 Å². The van der Waals surface area contributed by atoms with Crippen LogP contribution in [0, 0.1) is 5.92 Å². The second-order valence-electron chi connectivity index (χ2n) is 5.22. The number of benzene rings is 1. The second kappa shape index (κ2) is 6.71. The lowest BCUT2D eigenvalue weighted by atomic mass is 9.89. The Labute approximate surface area is 119 Å². The average Bonchev–Trinajstić information content (AvgIpc) is 2.39. The van der Waals surface area contributed by atoms with Crippen molar-refractivity contribution in [2.24, 2.45) is 11.0 Å². The standard InChI is InChI=1S/C15H19ClN2O/c1-11-3-2-4-14(9-11)17-18-15(19)10-12-5-7-13(16)8-6-12/h5-8,11H,2-4,9-10H2,1H3,(H,18,19). The second-order valence-corrected chi connectivity index (χ2v) is 5.65. The van der Waals surface area contributed by atoms with Gasteiger partial charge >= 0.3 is 0 Å². The molecule has 1 aromatic rings. The van der Waals surface area contributed by atoms with Crippen LogP contribution in [0.25, 0.3) is 0 Å². The number of nitrogens with one attached hydrogen (secondary N) is 1. The first kappa shape index (κ1) is 14.1. The minimum absolute atomic E-state index is 0.0759. The summed E-state index contributed by atoms with van der Waals surface area (Å²) in [6.07, 6.45) is 4.78. The van der Waals surface area contributed by atoms with E-state index in [-0.39, 0.29) is 5.91 Å². The van der Waals surface area contributed by atoms with Crippen molar-refractivity contribution in [3.05, 3.63) is 34.9 Å². The topological polar surface area (TPSA) is 41.5 Å². The van der Waals surface area contributed by atoms with Crippen LogP contribution in [0.5, 0.6) is 0 Å². The van der Waals surface area contributed by atoms with E-state index >= 15 is 0 Å². The number of carbonyl (C=O) groups excluding carboxylic acids is 1. The van der Waals surface area contributed by atoms with Crippen molar-refractivity contribution in [2.75, 3.05) is 0 Å². The van der Waals surface area contributed by atoms with E-state index in [9.17, 15) is 4.79 Å². The number of carbonyl (C=O) groups is 1. The van der Waals surface area contributed by atoms with E-state index in [1.807, 2.05) is 12.1 Å². The molecule has 0 bridgehead atoms. The molecular formula is C15H19ClN2O. The maximum Gasteiger partial charge on any atom is 0.244 e. The lowest BCUT2D eigenvalue weighted by Gasteiger charge is -2.18. The normalized spacial score (nSPS) is 21.4. The van der Waals surface area contributed by atoms with Crippen LogP contribution in [0.4, 0.5) is 0 Å². The highest BCUT2D eigenvalue weighted by Gasteiger charge is 2.14. The van der Waals surface area contributed by atoms with Gasteiger partial charge in [0.2, 0.25) is 5.91 Å². The zero-order valence-electron chi connectivity index (χ0n) is 11.2. The molecule has 1 aromatic carbocycles. The number of hydrogen-bond donors (Lipinski definition) is 1. The fourth-order valence-electron chi connectivity index (χ4n) is 2.33. The molecule has 1 saturated carbocycles. The van der Waals surface area contributed by atoms with Gasteiger partial charge < -0.3 is 0 Å². The average molecular weight is 279 g/mol. The van der Waals surface area contributed by atoms with Gasteiger partial charge in [0.1, 0.15) is 0 Å². The molecule has 0 aromatic heterocycles. The SMILES string of the molecule is CC1CCCC(=NNC(=O)Cc2ccc(Cl)cc2)C1. The molecule has 1 unspecified atom stereocenters. The number of amides is 1. The van der Waals surface area contributed by atoms with Gasteiger partial charge in [-0.15, -0.1) is 0 Å². The summed E-state index contributed by atoms with van der Waals surface area (Å²) < 4.78 is 0. The van der Waals surface area contributed by atoms with Crippen molar-refractivity contribution in [2.45, 2.75) is 39.0 Å². The summed E-state index contributed by atoms with van der Waals surface area (Å²) in [6.45, 7) is 2.23. The molecule has 3 nitrogen and oxygen atoms in total. The minimum atomic E-state index is -0.0759. The molecule has 1 fully saturated rings. The highest BCUT2D eigenvalue weighted by atomic mass is 35.5. The number of nitrogens with zero attached hydrogens (tertiary/aromatic N) is 1. The van der Waals surface area contributed by atoms with E-state index < -0.39 is 0 Å². The van der Waals surface area contributed by atoms with Gasteiger partial charge in [0.05, 0.1) is 6.42 Å². The Morgan fingerprint density at radius 2 is 2.16 bits per heavy atom.